The molecule has 0 saturated heterocycles. The van der Waals surface area contributed by atoms with Crippen molar-refractivity contribution in [1.29, 1.82) is 0 Å². The van der Waals surface area contributed by atoms with Gasteiger partial charge < -0.3 is 9.47 Å². The topological polar surface area (TPSA) is 21.1 Å². The van der Waals surface area contributed by atoms with Crippen molar-refractivity contribution >= 4 is 34.2 Å². The minimum atomic E-state index is 0.966. The maximum absolute atomic E-state index is 4.51. The van der Waals surface area contributed by atoms with E-state index in [2.05, 4.69) is 82.0 Å². The van der Waals surface area contributed by atoms with Crippen molar-refractivity contribution in [1.82, 2.24) is 9.55 Å². The minimum Gasteiger partial charge on any atom is -0.340 e. The predicted molar refractivity (Wildman–Crippen MR) is 113 cm³/mol. The summed E-state index contributed by atoms with van der Waals surface area (Å²) < 4.78 is 2.26. The molecule has 0 radical (unpaired) electrons. The average Bonchev–Trinajstić information content (AvgIpc) is 3.11. The SMILES string of the molecule is Cc1ccc2c(c1)N(CCCn1cnc3ccccc31)c1ccccc1S2. The molecule has 0 fully saturated rings. The van der Waals surface area contributed by atoms with Gasteiger partial charge >= 0.3 is 0 Å². The first-order chi connectivity index (χ1) is 13.3. The molecule has 4 aromatic rings. The highest BCUT2D eigenvalue weighted by molar-refractivity contribution is 7.99. The van der Waals surface area contributed by atoms with Crippen LogP contribution in [0.4, 0.5) is 11.4 Å². The van der Waals surface area contributed by atoms with Crippen LogP contribution in [0.15, 0.2) is 82.8 Å². The van der Waals surface area contributed by atoms with Crippen LogP contribution >= 0.6 is 11.8 Å². The lowest BCUT2D eigenvalue weighted by Crippen LogP contribution is -2.23. The number of rotatable bonds is 4. The normalized spacial score (nSPS) is 12.9. The van der Waals surface area contributed by atoms with Crippen LogP contribution in [0.1, 0.15) is 12.0 Å². The zero-order valence-electron chi connectivity index (χ0n) is 15.3. The van der Waals surface area contributed by atoms with Crippen LogP contribution in [0.5, 0.6) is 0 Å². The third kappa shape index (κ3) is 3.00. The quantitative estimate of drug-likeness (QED) is 0.436. The van der Waals surface area contributed by atoms with Crippen LogP contribution in [0.3, 0.4) is 0 Å². The number of imidazole rings is 1. The van der Waals surface area contributed by atoms with Gasteiger partial charge in [-0.3, -0.25) is 0 Å². The van der Waals surface area contributed by atoms with Crippen LogP contribution in [0.2, 0.25) is 0 Å². The molecular formula is C23H21N3S. The van der Waals surface area contributed by atoms with Crippen molar-refractivity contribution in [2.45, 2.75) is 29.7 Å². The van der Waals surface area contributed by atoms with Crippen molar-refractivity contribution < 1.29 is 0 Å². The van der Waals surface area contributed by atoms with Gasteiger partial charge in [0.1, 0.15) is 0 Å². The number of nitrogens with zero attached hydrogens (tertiary/aromatic N) is 3. The van der Waals surface area contributed by atoms with Gasteiger partial charge in [-0.1, -0.05) is 42.1 Å². The van der Waals surface area contributed by atoms with Crippen molar-refractivity contribution in [3.05, 3.63) is 78.6 Å². The highest BCUT2D eigenvalue weighted by Crippen LogP contribution is 2.48. The van der Waals surface area contributed by atoms with Crippen LogP contribution in [0.25, 0.3) is 11.0 Å². The molecular weight excluding hydrogens is 350 g/mol. The molecule has 1 aromatic heterocycles. The number of fused-ring (bicyclic) bond motifs is 3. The maximum atomic E-state index is 4.51. The van der Waals surface area contributed by atoms with Gasteiger partial charge in [-0.15, -0.1) is 0 Å². The van der Waals surface area contributed by atoms with Crippen molar-refractivity contribution in [2.24, 2.45) is 0 Å². The molecule has 0 unspecified atom stereocenters. The van der Waals surface area contributed by atoms with Crippen LogP contribution < -0.4 is 4.90 Å². The number of anilines is 2. The Bertz CT molecular complexity index is 1120. The number of hydrogen-bond acceptors (Lipinski definition) is 3. The molecule has 1 aliphatic heterocycles. The lowest BCUT2D eigenvalue weighted by molar-refractivity contribution is 0.656. The smallest absolute Gasteiger partial charge is 0.0958 e. The van der Waals surface area contributed by atoms with Gasteiger partial charge in [0.05, 0.1) is 28.7 Å². The second kappa shape index (κ2) is 6.78. The Balaban J connectivity index is 1.42. The summed E-state index contributed by atoms with van der Waals surface area (Å²) in [6.45, 7) is 4.12. The summed E-state index contributed by atoms with van der Waals surface area (Å²) in [5.74, 6) is 0. The molecule has 0 saturated carbocycles. The fourth-order valence-electron chi connectivity index (χ4n) is 3.77. The van der Waals surface area contributed by atoms with Crippen LogP contribution in [-0.4, -0.2) is 16.1 Å². The second-order valence-corrected chi connectivity index (χ2v) is 8.06. The Morgan fingerprint density at radius 2 is 1.67 bits per heavy atom. The molecule has 2 heterocycles. The predicted octanol–water partition coefficient (Wildman–Crippen LogP) is 6.04. The van der Waals surface area contributed by atoms with Gasteiger partial charge in [-0.25, -0.2) is 4.98 Å². The molecule has 0 amide bonds. The Hall–Kier alpha value is -2.72. The second-order valence-electron chi connectivity index (χ2n) is 6.97. The highest BCUT2D eigenvalue weighted by atomic mass is 32.2. The summed E-state index contributed by atoms with van der Waals surface area (Å²) in [7, 11) is 0. The van der Waals surface area contributed by atoms with Gasteiger partial charge in [0.2, 0.25) is 0 Å². The standard InChI is InChI=1S/C23H21N3S/c1-17-11-12-23-21(15-17)26(20-9-4-5-10-22(20)27-23)14-6-13-25-16-24-18-7-2-3-8-19(18)25/h2-5,7-12,15-16H,6,13-14H2,1H3. The summed E-state index contributed by atoms with van der Waals surface area (Å²) in [5.41, 5.74) is 6.23. The zero-order valence-corrected chi connectivity index (χ0v) is 16.1. The molecule has 27 heavy (non-hydrogen) atoms. The molecule has 0 atom stereocenters. The summed E-state index contributed by atoms with van der Waals surface area (Å²) in [5, 5.41) is 0. The fourth-order valence-corrected chi connectivity index (χ4v) is 4.84. The largest absolute Gasteiger partial charge is 0.340 e. The van der Waals surface area contributed by atoms with E-state index in [1.807, 2.05) is 24.2 Å². The van der Waals surface area contributed by atoms with E-state index >= 15 is 0 Å². The molecule has 4 heteroatoms. The Morgan fingerprint density at radius 1 is 0.852 bits per heavy atom. The van der Waals surface area contributed by atoms with Gasteiger partial charge in [-0.2, -0.15) is 0 Å². The van der Waals surface area contributed by atoms with Gasteiger partial charge in [-0.05, 0) is 55.3 Å². The van der Waals surface area contributed by atoms with E-state index in [-0.39, 0.29) is 0 Å². The molecule has 3 nitrogen and oxygen atoms in total. The number of benzene rings is 3. The van der Waals surface area contributed by atoms with Crippen LogP contribution in [0, 0.1) is 6.92 Å². The van der Waals surface area contributed by atoms with E-state index in [0.29, 0.717) is 0 Å². The van der Waals surface area contributed by atoms with Gasteiger partial charge in [0.15, 0.2) is 0 Å². The average molecular weight is 372 g/mol. The molecule has 1 aliphatic rings. The fraction of sp³-hybridized carbons (Fsp3) is 0.174. The van der Waals surface area contributed by atoms with E-state index in [0.717, 1.165) is 25.0 Å². The van der Waals surface area contributed by atoms with Crippen molar-refractivity contribution in [3.8, 4) is 0 Å². The Kier molecular flexibility index (Phi) is 4.13. The first-order valence-electron chi connectivity index (χ1n) is 9.34. The highest BCUT2D eigenvalue weighted by Gasteiger charge is 2.22. The number of aromatic nitrogens is 2. The van der Waals surface area contributed by atoms with Gasteiger partial charge in [0, 0.05) is 22.9 Å². The van der Waals surface area contributed by atoms with Crippen LogP contribution in [-0.2, 0) is 6.54 Å². The molecule has 3 aromatic carbocycles. The van der Waals surface area contributed by atoms with E-state index in [1.54, 1.807) is 0 Å². The monoisotopic (exact) mass is 371 g/mol. The molecule has 0 aliphatic carbocycles. The van der Waals surface area contributed by atoms with E-state index < -0.39 is 0 Å². The van der Waals surface area contributed by atoms with E-state index in [9.17, 15) is 0 Å². The maximum Gasteiger partial charge on any atom is 0.0958 e. The summed E-state index contributed by atoms with van der Waals surface area (Å²) >= 11 is 1.87. The molecule has 0 N–H and O–H groups in total. The molecule has 0 bridgehead atoms. The zero-order chi connectivity index (χ0) is 18.2. The minimum absolute atomic E-state index is 0.966. The third-order valence-electron chi connectivity index (χ3n) is 5.09. The lowest BCUT2D eigenvalue weighted by Gasteiger charge is -2.33. The molecule has 0 spiro atoms. The number of hydrogen-bond donors (Lipinski definition) is 0. The molecule has 134 valence electrons. The first-order valence-corrected chi connectivity index (χ1v) is 10.2. The Morgan fingerprint density at radius 3 is 2.63 bits per heavy atom. The first kappa shape index (κ1) is 16.5. The summed E-state index contributed by atoms with van der Waals surface area (Å²) in [6.07, 6.45) is 3.02. The third-order valence-corrected chi connectivity index (χ3v) is 6.22. The number of aryl methyl sites for hydroxylation is 2. The Labute approximate surface area is 163 Å². The van der Waals surface area contributed by atoms with E-state index in [1.165, 1.54) is 32.2 Å². The molecule has 5 rings (SSSR count). The van der Waals surface area contributed by atoms with E-state index in [4.69, 9.17) is 0 Å². The summed E-state index contributed by atoms with van der Waals surface area (Å²) in [6, 6.07) is 23.8. The van der Waals surface area contributed by atoms with Gasteiger partial charge in [0.25, 0.3) is 0 Å². The number of para-hydroxylation sites is 3. The van der Waals surface area contributed by atoms with Crippen molar-refractivity contribution in [3.63, 3.8) is 0 Å². The summed E-state index contributed by atoms with van der Waals surface area (Å²) in [4.78, 5) is 9.67. The van der Waals surface area contributed by atoms with Crippen molar-refractivity contribution in [2.75, 3.05) is 11.4 Å². The lowest BCUT2D eigenvalue weighted by atomic mass is 10.1.